The summed E-state index contributed by atoms with van der Waals surface area (Å²) in [4.78, 5) is 15.0. The molecule has 200 valence electrons. The zero-order chi connectivity index (χ0) is 26.7. The molecule has 1 aromatic heterocycles. The van der Waals surface area contributed by atoms with Gasteiger partial charge in [-0.05, 0) is 67.1 Å². The van der Waals surface area contributed by atoms with Gasteiger partial charge in [0.1, 0.15) is 12.2 Å². The molecule has 1 atom stereocenters. The lowest BCUT2D eigenvalue weighted by Gasteiger charge is -2.39. The van der Waals surface area contributed by atoms with Gasteiger partial charge in [0.2, 0.25) is 0 Å². The van der Waals surface area contributed by atoms with Gasteiger partial charge in [0.15, 0.2) is 0 Å². The number of fused-ring (bicyclic) bond motifs is 1. The van der Waals surface area contributed by atoms with Gasteiger partial charge in [-0.25, -0.2) is 0 Å². The first-order chi connectivity index (χ1) is 18.1. The quantitative estimate of drug-likeness (QED) is 0.480. The molecule has 1 aliphatic carbocycles. The number of carbonyl (C=O) groups excluding carboxylic acids is 1. The van der Waals surface area contributed by atoms with Crippen molar-refractivity contribution in [2.24, 2.45) is 13.0 Å². The molecule has 2 aliphatic heterocycles. The predicted octanol–water partition coefficient (Wildman–Crippen LogP) is 4.80. The Balaban J connectivity index is 1.33. The van der Waals surface area contributed by atoms with E-state index in [-0.39, 0.29) is 35.0 Å². The average molecular weight is 526 g/mol. The van der Waals surface area contributed by atoms with Crippen LogP contribution in [0.1, 0.15) is 70.5 Å². The number of aryl methyl sites for hydroxylation is 1. The molecular weight excluding hydrogens is 495 g/mol. The Morgan fingerprint density at radius 2 is 2.00 bits per heavy atom. The fraction of sp³-hybridized carbons (Fsp3) is 0.464. The molecule has 2 aromatic carbocycles. The normalized spacial score (nSPS) is 19.7. The number of ether oxygens (including phenoxy) is 1. The number of alkyl halides is 3. The minimum atomic E-state index is -4.56. The highest BCUT2D eigenvalue weighted by atomic mass is 19.4. The van der Waals surface area contributed by atoms with Gasteiger partial charge in [-0.15, -0.1) is 10.2 Å². The van der Waals surface area contributed by atoms with E-state index in [0.717, 1.165) is 30.7 Å². The standard InChI is InChI=1S/C28H30F3N5O2/c1-27(7-4-8-27)32-12-17-9-21-22(23(10-17)28(29,30)31)13-36(26(21)37)20-6-3-5-18(11-20)24(19-14-38-15-19)25-34-33-16-35(25)2/h3,5-6,9-11,16,19,24,32H,4,7-8,12-15H2,1-2H3. The number of hydrogen-bond donors (Lipinski definition) is 1. The molecule has 0 bridgehead atoms. The molecular formula is C28H30F3N5O2. The van der Waals surface area contributed by atoms with Crippen LogP contribution in [0.4, 0.5) is 18.9 Å². The van der Waals surface area contributed by atoms with Gasteiger partial charge in [0, 0.05) is 36.3 Å². The highest BCUT2D eigenvalue weighted by molar-refractivity contribution is 6.10. The van der Waals surface area contributed by atoms with Crippen molar-refractivity contribution in [1.29, 1.82) is 0 Å². The molecule has 6 rings (SSSR count). The van der Waals surface area contributed by atoms with E-state index in [1.165, 1.54) is 11.0 Å². The Morgan fingerprint density at radius 3 is 2.61 bits per heavy atom. The zero-order valence-corrected chi connectivity index (χ0v) is 21.4. The summed E-state index contributed by atoms with van der Waals surface area (Å²) in [6.07, 6.45) is 0.187. The molecule has 10 heteroatoms. The number of carbonyl (C=O) groups is 1. The van der Waals surface area contributed by atoms with E-state index in [9.17, 15) is 18.0 Å². The number of nitrogens with one attached hydrogen (secondary N) is 1. The van der Waals surface area contributed by atoms with E-state index < -0.39 is 17.6 Å². The third kappa shape index (κ3) is 4.39. The lowest BCUT2D eigenvalue weighted by atomic mass is 9.78. The Hall–Kier alpha value is -3.24. The number of amides is 1. The van der Waals surface area contributed by atoms with E-state index >= 15 is 0 Å². The molecule has 3 heterocycles. The van der Waals surface area contributed by atoms with E-state index in [2.05, 4.69) is 22.4 Å². The molecule has 3 aromatic rings. The van der Waals surface area contributed by atoms with Crippen LogP contribution in [-0.4, -0.2) is 39.4 Å². The second-order valence-electron chi connectivity index (χ2n) is 11.0. The molecule has 1 N–H and O–H groups in total. The summed E-state index contributed by atoms with van der Waals surface area (Å²) in [6.45, 7) is 3.41. The molecule has 1 saturated heterocycles. The SMILES string of the molecule is Cn1cnnc1C(c1cccc(N2Cc3c(cc(CNC4(C)CCC4)cc3C(F)(F)F)C2=O)c1)C1COC1. The monoisotopic (exact) mass is 525 g/mol. The van der Waals surface area contributed by atoms with Gasteiger partial charge >= 0.3 is 6.18 Å². The van der Waals surface area contributed by atoms with Crippen molar-refractivity contribution >= 4 is 11.6 Å². The number of rotatable bonds is 7. The van der Waals surface area contributed by atoms with Crippen LogP contribution in [0.25, 0.3) is 0 Å². The largest absolute Gasteiger partial charge is 0.416 e. The van der Waals surface area contributed by atoms with Crippen molar-refractivity contribution in [3.8, 4) is 0 Å². The van der Waals surface area contributed by atoms with Gasteiger partial charge < -0.3 is 19.5 Å². The molecule has 7 nitrogen and oxygen atoms in total. The third-order valence-electron chi connectivity index (χ3n) is 8.28. The summed E-state index contributed by atoms with van der Waals surface area (Å²) in [5.74, 6) is 0.460. The fourth-order valence-electron chi connectivity index (χ4n) is 5.77. The maximum Gasteiger partial charge on any atom is 0.416 e. The summed E-state index contributed by atoms with van der Waals surface area (Å²) in [6, 6.07) is 10.3. The molecule has 1 unspecified atom stereocenters. The van der Waals surface area contributed by atoms with Crippen molar-refractivity contribution < 1.29 is 22.7 Å². The fourth-order valence-corrected chi connectivity index (χ4v) is 5.77. The molecule has 2 fully saturated rings. The maximum absolute atomic E-state index is 14.2. The number of anilines is 1. The number of aromatic nitrogens is 3. The summed E-state index contributed by atoms with van der Waals surface area (Å²) in [5, 5.41) is 11.7. The van der Waals surface area contributed by atoms with Crippen LogP contribution < -0.4 is 10.2 Å². The zero-order valence-electron chi connectivity index (χ0n) is 21.4. The first-order valence-corrected chi connectivity index (χ1v) is 12.9. The van der Waals surface area contributed by atoms with Gasteiger partial charge in [-0.3, -0.25) is 4.79 Å². The minimum absolute atomic E-state index is 0.0313. The first kappa shape index (κ1) is 25.1. The van der Waals surface area contributed by atoms with Crippen LogP contribution in [-0.2, 0) is 31.1 Å². The predicted molar refractivity (Wildman–Crippen MR) is 135 cm³/mol. The summed E-state index contributed by atoms with van der Waals surface area (Å²) >= 11 is 0. The Kier molecular flexibility index (Phi) is 6.07. The average Bonchev–Trinajstić information content (AvgIpc) is 3.40. The number of hydrogen-bond acceptors (Lipinski definition) is 5. The molecule has 38 heavy (non-hydrogen) atoms. The first-order valence-electron chi connectivity index (χ1n) is 12.9. The summed E-state index contributed by atoms with van der Waals surface area (Å²) in [5.41, 5.74) is 1.32. The highest BCUT2D eigenvalue weighted by Gasteiger charge is 2.41. The molecule has 1 amide bonds. The topological polar surface area (TPSA) is 72.3 Å². The van der Waals surface area contributed by atoms with E-state index in [0.29, 0.717) is 31.0 Å². The van der Waals surface area contributed by atoms with Crippen molar-refractivity contribution in [1.82, 2.24) is 20.1 Å². The van der Waals surface area contributed by atoms with Crippen molar-refractivity contribution in [2.45, 2.75) is 56.9 Å². The second-order valence-corrected chi connectivity index (χ2v) is 11.0. The van der Waals surface area contributed by atoms with Crippen LogP contribution in [0.5, 0.6) is 0 Å². The number of benzene rings is 2. The van der Waals surface area contributed by atoms with Crippen LogP contribution in [0.3, 0.4) is 0 Å². The lowest BCUT2D eigenvalue weighted by Crippen LogP contribution is -2.47. The number of halogens is 3. The van der Waals surface area contributed by atoms with E-state index in [4.69, 9.17) is 4.74 Å². The van der Waals surface area contributed by atoms with Crippen LogP contribution in [0, 0.1) is 5.92 Å². The van der Waals surface area contributed by atoms with Gasteiger partial charge in [0.25, 0.3) is 5.91 Å². The smallest absolute Gasteiger partial charge is 0.381 e. The van der Waals surface area contributed by atoms with E-state index in [1.807, 2.05) is 29.8 Å². The van der Waals surface area contributed by atoms with Crippen molar-refractivity contribution in [3.63, 3.8) is 0 Å². The molecule has 1 saturated carbocycles. The van der Waals surface area contributed by atoms with Gasteiger partial charge in [-0.2, -0.15) is 13.2 Å². The van der Waals surface area contributed by atoms with E-state index in [1.54, 1.807) is 18.5 Å². The molecule has 3 aliphatic rings. The Morgan fingerprint density at radius 1 is 1.21 bits per heavy atom. The van der Waals surface area contributed by atoms with Crippen LogP contribution >= 0.6 is 0 Å². The highest BCUT2D eigenvalue weighted by Crippen LogP contribution is 2.41. The van der Waals surface area contributed by atoms with Crippen LogP contribution in [0.2, 0.25) is 0 Å². The van der Waals surface area contributed by atoms with Crippen molar-refractivity contribution in [3.05, 3.63) is 76.4 Å². The van der Waals surface area contributed by atoms with Crippen molar-refractivity contribution in [2.75, 3.05) is 18.1 Å². The number of nitrogens with zero attached hydrogens (tertiary/aromatic N) is 4. The molecule has 0 radical (unpaired) electrons. The lowest BCUT2D eigenvalue weighted by molar-refractivity contribution is -0.138. The van der Waals surface area contributed by atoms with Gasteiger partial charge in [0.05, 0.1) is 31.2 Å². The Bertz CT molecular complexity index is 1380. The summed E-state index contributed by atoms with van der Waals surface area (Å²) in [7, 11) is 1.88. The van der Waals surface area contributed by atoms with Crippen LogP contribution in [0.15, 0.2) is 42.7 Å². The Labute approximate surface area is 219 Å². The summed E-state index contributed by atoms with van der Waals surface area (Å²) < 4.78 is 49.8. The molecule has 0 spiro atoms. The van der Waals surface area contributed by atoms with Gasteiger partial charge in [-0.1, -0.05) is 12.1 Å². The minimum Gasteiger partial charge on any atom is -0.381 e. The second kappa shape index (κ2) is 9.20. The third-order valence-corrected chi connectivity index (χ3v) is 8.28. The maximum atomic E-state index is 14.2.